The molecule has 3 heterocycles. The van der Waals surface area contributed by atoms with E-state index in [1.165, 1.54) is 6.42 Å². The summed E-state index contributed by atoms with van der Waals surface area (Å²) in [6.45, 7) is 8.44. The molecule has 136 valence electrons. The maximum absolute atomic E-state index is 12.7. The molecule has 0 aromatic carbocycles. The Morgan fingerprint density at radius 1 is 1.00 bits per heavy atom. The first-order valence-electron chi connectivity index (χ1n) is 9.31. The van der Waals surface area contributed by atoms with E-state index in [4.69, 9.17) is 0 Å². The van der Waals surface area contributed by atoms with E-state index in [-0.39, 0.29) is 17.9 Å². The highest BCUT2D eigenvalue weighted by atomic mass is 16.2. The lowest BCUT2D eigenvalue weighted by molar-refractivity contribution is -0.137. The minimum absolute atomic E-state index is 0.0419. The number of piperidine rings is 1. The summed E-state index contributed by atoms with van der Waals surface area (Å²) in [5.74, 6) is 0.280. The number of aryl methyl sites for hydroxylation is 1. The van der Waals surface area contributed by atoms with Crippen LogP contribution in [0.1, 0.15) is 42.2 Å². The van der Waals surface area contributed by atoms with Crippen molar-refractivity contribution in [1.82, 2.24) is 19.7 Å². The second-order valence-electron chi connectivity index (χ2n) is 7.03. The van der Waals surface area contributed by atoms with E-state index in [0.717, 1.165) is 44.7 Å². The molecule has 2 fully saturated rings. The molecule has 3 rings (SSSR count). The van der Waals surface area contributed by atoms with Gasteiger partial charge >= 0.3 is 0 Å². The molecule has 0 N–H and O–H groups in total. The van der Waals surface area contributed by atoms with Gasteiger partial charge in [0.2, 0.25) is 5.91 Å². The summed E-state index contributed by atoms with van der Waals surface area (Å²) in [6.07, 6.45) is 5.17. The molecule has 0 spiro atoms. The predicted octanol–water partition coefficient (Wildman–Crippen LogP) is 1.55. The molecule has 0 bridgehead atoms. The lowest BCUT2D eigenvalue weighted by atomic mass is 10.1. The van der Waals surface area contributed by atoms with Gasteiger partial charge in [0.25, 0.3) is 5.91 Å². The Morgan fingerprint density at radius 3 is 2.32 bits per heavy atom. The van der Waals surface area contributed by atoms with Crippen molar-refractivity contribution in [3.8, 4) is 0 Å². The summed E-state index contributed by atoms with van der Waals surface area (Å²) in [5.41, 5.74) is 1.44. The summed E-state index contributed by atoms with van der Waals surface area (Å²) < 4.78 is 0. The van der Waals surface area contributed by atoms with E-state index in [2.05, 4.69) is 9.88 Å². The third-order valence-electron chi connectivity index (χ3n) is 5.41. The van der Waals surface area contributed by atoms with Gasteiger partial charge in [0.1, 0.15) is 0 Å². The van der Waals surface area contributed by atoms with Crippen LogP contribution in [-0.4, -0.2) is 76.8 Å². The monoisotopic (exact) mass is 344 g/mol. The summed E-state index contributed by atoms with van der Waals surface area (Å²) >= 11 is 0. The third-order valence-corrected chi connectivity index (χ3v) is 5.41. The van der Waals surface area contributed by atoms with E-state index in [1.807, 2.05) is 29.7 Å². The van der Waals surface area contributed by atoms with Gasteiger partial charge in [-0.3, -0.25) is 19.5 Å². The van der Waals surface area contributed by atoms with Crippen molar-refractivity contribution in [2.75, 3.05) is 39.3 Å². The van der Waals surface area contributed by atoms with Gasteiger partial charge < -0.3 is 9.80 Å². The van der Waals surface area contributed by atoms with Crippen LogP contribution in [0.4, 0.5) is 0 Å². The molecule has 25 heavy (non-hydrogen) atoms. The second kappa shape index (κ2) is 7.95. The van der Waals surface area contributed by atoms with Gasteiger partial charge in [-0.2, -0.15) is 0 Å². The fraction of sp³-hybridized carbons (Fsp3) is 0.632. The second-order valence-corrected chi connectivity index (χ2v) is 7.03. The highest BCUT2D eigenvalue weighted by Gasteiger charge is 2.31. The van der Waals surface area contributed by atoms with Crippen LogP contribution in [0, 0.1) is 6.92 Å². The summed E-state index contributed by atoms with van der Waals surface area (Å²) in [4.78, 5) is 35.6. The molecule has 1 atom stereocenters. The number of rotatable bonds is 3. The van der Waals surface area contributed by atoms with Crippen LogP contribution in [0.15, 0.2) is 18.3 Å². The van der Waals surface area contributed by atoms with E-state index in [9.17, 15) is 9.59 Å². The lowest BCUT2D eigenvalue weighted by Crippen LogP contribution is -2.56. The van der Waals surface area contributed by atoms with Crippen molar-refractivity contribution in [3.63, 3.8) is 0 Å². The SMILES string of the molecule is Cc1ncccc1C(=O)N1CCN(C(C)C(=O)N2CCCCC2)CC1. The number of hydrogen-bond acceptors (Lipinski definition) is 4. The van der Waals surface area contributed by atoms with Crippen molar-refractivity contribution >= 4 is 11.8 Å². The molecule has 0 saturated carbocycles. The van der Waals surface area contributed by atoms with Crippen molar-refractivity contribution in [1.29, 1.82) is 0 Å². The van der Waals surface area contributed by atoms with Crippen molar-refractivity contribution in [3.05, 3.63) is 29.6 Å². The van der Waals surface area contributed by atoms with Gasteiger partial charge in [-0.25, -0.2) is 0 Å². The van der Waals surface area contributed by atoms with Crippen LogP contribution in [0.25, 0.3) is 0 Å². The molecule has 0 aliphatic carbocycles. The summed E-state index contributed by atoms with van der Waals surface area (Å²) in [5, 5.41) is 0. The Hall–Kier alpha value is -1.95. The van der Waals surface area contributed by atoms with Gasteiger partial charge in [-0.05, 0) is 45.2 Å². The normalized spacial score (nSPS) is 20.4. The Bertz CT molecular complexity index is 620. The van der Waals surface area contributed by atoms with Crippen LogP contribution in [0.2, 0.25) is 0 Å². The van der Waals surface area contributed by atoms with Crippen LogP contribution < -0.4 is 0 Å². The average molecular weight is 344 g/mol. The molecular weight excluding hydrogens is 316 g/mol. The van der Waals surface area contributed by atoms with Crippen molar-refractivity contribution in [2.24, 2.45) is 0 Å². The number of hydrogen-bond donors (Lipinski definition) is 0. The number of piperazine rings is 1. The van der Waals surface area contributed by atoms with Crippen molar-refractivity contribution < 1.29 is 9.59 Å². The summed E-state index contributed by atoms with van der Waals surface area (Å²) in [6, 6.07) is 3.53. The van der Waals surface area contributed by atoms with Gasteiger partial charge in [-0.1, -0.05) is 0 Å². The first-order chi connectivity index (χ1) is 12.1. The van der Waals surface area contributed by atoms with Crippen LogP contribution in [0.3, 0.4) is 0 Å². The maximum Gasteiger partial charge on any atom is 0.255 e. The molecule has 2 aliphatic heterocycles. The molecule has 1 aromatic rings. The lowest BCUT2D eigenvalue weighted by Gasteiger charge is -2.39. The van der Waals surface area contributed by atoms with Gasteiger partial charge in [0, 0.05) is 51.2 Å². The molecule has 1 aromatic heterocycles. The van der Waals surface area contributed by atoms with Crippen LogP contribution >= 0.6 is 0 Å². The first-order valence-corrected chi connectivity index (χ1v) is 9.31. The van der Waals surface area contributed by atoms with Crippen LogP contribution in [-0.2, 0) is 4.79 Å². The minimum Gasteiger partial charge on any atom is -0.341 e. The first kappa shape index (κ1) is 17.9. The molecule has 0 radical (unpaired) electrons. The zero-order chi connectivity index (χ0) is 17.8. The molecule has 2 aliphatic rings. The maximum atomic E-state index is 12.7. The third kappa shape index (κ3) is 4.00. The van der Waals surface area contributed by atoms with E-state index < -0.39 is 0 Å². The molecule has 2 amide bonds. The zero-order valence-corrected chi connectivity index (χ0v) is 15.3. The minimum atomic E-state index is -0.101. The van der Waals surface area contributed by atoms with Crippen molar-refractivity contribution in [2.45, 2.75) is 39.2 Å². The molecule has 1 unspecified atom stereocenters. The Kier molecular flexibility index (Phi) is 5.68. The van der Waals surface area contributed by atoms with Crippen LogP contribution in [0.5, 0.6) is 0 Å². The molecule has 6 nitrogen and oxygen atoms in total. The standard InChI is InChI=1S/C19H28N4O2/c1-15-17(7-6-8-20-15)19(25)23-13-11-21(12-14-23)16(2)18(24)22-9-4-3-5-10-22/h6-8,16H,3-5,9-14H2,1-2H3. The number of likely N-dealkylation sites (tertiary alicyclic amines) is 1. The van der Waals surface area contributed by atoms with Gasteiger partial charge in [0.15, 0.2) is 0 Å². The Balaban J connectivity index is 1.55. The summed E-state index contributed by atoms with van der Waals surface area (Å²) in [7, 11) is 0. The quantitative estimate of drug-likeness (QED) is 0.835. The van der Waals surface area contributed by atoms with Gasteiger partial charge in [-0.15, -0.1) is 0 Å². The number of carbonyl (C=O) groups excluding carboxylic acids is 2. The number of amides is 2. The molecule has 6 heteroatoms. The molecular formula is C19H28N4O2. The smallest absolute Gasteiger partial charge is 0.255 e. The number of pyridine rings is 1. The zero-order valence-electron chi connectivity index (χ0n) is 15.3. The van der Waals surface area contributed by atoms with E-state index in [0.29, 0.717) is 18.7 Å². The fourth-order valence-electron chi connectivity index (χ4n) is 3.73. The van der Waals surface area contributed by atoms with Gasteiger partial charge in [0.05, 0.1) is 11.6 Å². The Labute approximate surface area is 149 Å². The highest BCUT2D eigenvalue weighted by Crippen LogP contribution is 2.16. The predicted molar refractivity (Wildman–Crippen MR) is 96.3 cm³/mol. The topological polar surface area (TPSA) is 56.8 Å². The number of aromatic nitrogens is 1. The molecule has 2 saturated heterocycles. The number of carbonyl (C=O) groups is 2. The largest absolute Gasteiger partial charge is 0.341 e. The van der Waals surface area contributed by atoms with E-state index in [1.54, 1.807) is 12.3 Å². The Morgan fingerprint density at radius 2 is 1.68 bits per heavy atom. The average Bonchev–Trinajstić information content (AvgIpc) is 2.67. The highest BCUT2D eigenvalue weighted by molar-refractivity contribution is 5.95. The van der Waals surface area contributed by atoms with E-state index >= 15 is 0 Å². The number of nitrogens with zero attached hydrogens (tertiary/aromatic N) is 4. The fourth-order valence-corrected chi connectivity index (χ4v) is 3.73.